The van der Waals surface area contributed by atoms with Gasteiger partial charge in [0.15, 0.2) is 0 Å². The second-order valence-corrected chi connectivity index (χ2v) is 5.65. The van der Waals surface area contributed by atoms with Crippen molar-refractivity contribution in [3.63, 3.8) is 0 Å². The summed E-state index contributed by atoms with van der Waals surface area (Å²) >= 11 is 3.07. The zero-order valence-corrected chi connectivity index (χ0v) is 11.6. The molecule has 0 radical (unpaired) electrons. The van der Waals surface area contributed by atoms with Crippen LogP contribution in [0.2, 0.25) is 0 Å². The number of benzene rings is 1. The van der Waals surface area contributed by atoms with E-state index in [1.807, 2.05) is 0 Å². The molecular weight excluding hydrogens is 353 g/mol. The van der Waals surface area contributed by atoms with E-state index in [-0.39, 0.29) is 10.5 Å². The average Bonchev–Trinajstić information content (AvgIpc) is 2.26. The fraction of sp³-hybridized carbons (Fsp3) is 0.300. The van der Waals surface area contributed by atoms with Gasteiger partial charge in [-0.15, -0.1) is 0 Å². The van der Waals surface area contributed by atoms with Gasteiger partial charge in [-0.3, -0.25) is 4.21 Å². The SMILES string of the molecule is O=C(O)c1ccc(Br)cc1S(=O)COCC(F)(F)F. The number of aromatic carboxylic acids is 1. The van der Waals surface area contributed by atoms with Gasteiger partial charge in [-0.05, 0) is 18.2 Å². The molecule has 0 aliphatic heterocycles. The molecule has 106 valence electrons. The van der Waals surface area contributed by atoms with Crippen LogP contribution in [0.4, 0.5) is 13.2 Å². The molecule has 0 bridgehead atoms. The standard InChI is InChI=1S/C10H8BrF3O4S/c11-6-1-2-7(9(15)16)8(3-6)19(17)5-18-4-10(12,13)14/h1-3H,4-5H2,(H,15,16). The van der Waals surface area contributed by atoms with E-state index >= 15 is 0 Å². The van der Waals surface area contributed by atoms with Crippen LogP contribution in [0.25, 0.3) is 0 Å². The van der Waals surface area contributed by atoms with Gasteiger partial charge in [-0.1, -0.05) is 15.9 Å². The number of alkyl halides is 3. The molecule has 0 spiro atoms. The fourth-order valence-corrected chi connectivity index (χ4v) is 2.69. The highest BCUT2D eigenvalue weighted by atomic mass is 79.9. The third kappa shape index (κ3) is 5.29. The van der Waals surface area contributed by atoms with Gasteiger partial charge in [0.05, 0.1) is 21.3 Å². The maximum absolute atomic E-state index is 11.9. The monoisotopic (exact) mass is 360 g/mol. The molecule has 1 unspecified atom stereocenters. The van der Waals surface area contributed by atoms with Crippen molar-refractivity contribution < 1.29 is 32.0 Å². The van der Waals surface area contributed by atoms with E-state index in [0.29, 0.717) is 4.47 Å². The lowest BCUT2D eigenvalue weighted by Crippen LogP contribution is -2.19. The van der Waals surface area contributed by atoms with Crippen LogP contribution in [0.1, 0.15) is 10.4 Å². The molecule has 1 aromatic rings. The van der Waals surface area contributed by atoms with Crippen LogP contribution in [0.3, 0.4) is 0 Å². The summed E-state index contributed by atoms with van der Waals surface area (Å²) in [4.78, 5) is 10.8. The van der Waals surface area contributed by atoms with E-state index in [1.165, 1.54) is 18.2 Å². The summed E-state index contributed by atoms with van der Waals surface area (Å²) in [6.45, 7) is -1.53. The highest BCUT2D eigenvalue weighted by molar-refractivity contribution is 9.10. The molecule has 1 atom stereocenters. The van der Waals surface area contributed by atoms with Crippen LogP contribution in [0, 0.1) is 0 Å². The highest BCUT2D eigenvalue weighted by Gasteiger charge is 2.28. The van der Waals surface area contributed by atoms with Crippen molar-refractivity contribution in [2.45, 2.75) is 11.1 Å². The average molecular weight is 361 g/mol. The Kier molecular flexibility index (Phi) is 5.50. The zero-order valence-electron chi connectivity index (χ0n) is 9.24. The van der Waals surface area contributed by atoms with Crippen molar-refractivity contribution >= 4 is 32.7 Å². The van der Waals surface area contributed by atoms with Gasteiger partial charge in [0.25, 0.3) is 0 Å². The van der Waals surface area contributed by atoms with Gasteiger partial charge in [-0.2, -0.15) is 13.2 Å². The highest BCUT2D eigenvalue weighted by Crippen LogP contribution is 2.21. The van der Waals surface area contributed by atoms with Crippen molar-refractivity contribution in [2.75, 3.05) is 12.5 Å². The Morgan fingerprint density at radius 2 is 2.05 bits per heavy atom. The van der Waals surface area contributed by atoms with E-state index in [0.717, 1.165) is 0 Å². The summed E-state index contributed by atoms with van der Waals surface area (Å²) in [6.07, 6.45) is -4.52. The van der Waals surface area contributed by atoms with Crippen LogP contribution in [0.15, 0.2) is 27.6 Å². The van der Waals surface area contributed by atoms with Gasteiger partial charge >= 0.3 is 12.1 Å². The number of carbonyl (C=O) groups is 1. The summed E-state index contributed by atoms with van der Waals surface area (Å²) in [5, 5.41) is 8.89. The molecule has 0 heterocycles. The first kappa shape index (κ1) is 16.1. The van der Waals surface area contributed by atoms with Crippen LogP contribution in [-0.2, 0) is 15.5 Å². The molecule has 19 heavy (non-hydrogen) atoms. The molecule has 0 aliphatic rings. The molecule has 0 aliphatic carbocycles. The molecule has 1 N–H and O–H groups in total. The summed E-state index contributed by atoms with van der Waals surface area (Å²) < 4.78 is 52.0. The topological polar surface area (TPSA) is 63.6 Å². The van der Waals surface area contributed by atoms with Gasteiger partial charge in [0.2, 0.25) is 0 Å². The summed E-state index contributed by atoms with van der Waals surface area (Å²) in [5.41, 5.74) is -0.239. The summed E-state index contributed by atoms with van der Waals surface area (Å²) in [7, 11) is -1.99. The van der Waals surface area contributed by atoms with Gasteiger partial charge < -0.3 is 9.84 Å². The van der Waals surface area contributed by atoms with Crippen molar-refractivity contribution in [3.8, 4) is 0 Å². The fourth-order valence-electron chi connectivity index (χ4n) is 1.16. The quantitative estimate of drug-likeness (QED) is 0.876. The van der Waals surface area contributed by atoms with E-state index < -0.39 is 35.5 Å². The number of carboxylic acids is 1. The summed E-state index contributed by atoms with van der Waals surface area (Å²) in [5.74, 6) is -2.04. The first-order valence-electron chi connectivity index (χ1n) is 4.76. The predicted octanol–water partition coefficient (Wildman–Crippen LogP) is 2.79. The van der Waals surface area contributed by atoms with Crippen molar-refractivity contribution in [1.29, 1.82) is 0 Å². The molecule has 0 amide bonds. The molecule has 9 heteroatoms. The van der Waals surface area contributed by atoms with Crippen LogP contribution in [-0.4, -0.2) is 34.0 Å². The number of carboxylic acid groups (broad SMARTS) is 1. The molecule has 0 saturated carbocycles. The van der Waals surface area contributed by atoms with E-state index in [4.69, 9.17) is 5.11 Å². The Morgan fingerprint density at radius 1 is 1.42 bits per heavy atom. The number of hydrogen-bond acceptors (Lipinski definition) is 3. The number of halogens is 4. The maximum atomic E-state index is 11.9. The van der Waals surface area contributed by atoms with Gasteiger partial charge in [0, 0.05) is 4.47 Å². The van der Waals surface area contributed by atoms with Crippen molar-refractivity contribution in [2.24, 2.45) is 0 Å². The Labute approximate surface area is 117 Å². The number of ether oxygens (including phenoxy) is 1. The number of rotatable bonds is 5. The first-order valence-corrected chi connectivity index (χ1v) is 6.87. The molecule has 1 aromatic carbocycles. The lowest BCUT2D eigenvalue weighted by Gasteiger charge is -2.09. The van der Waals surface area contributed by atoms with Crippen LogP contribution >= 0.6 is 15.9 Å². The molecule has 0 saturated heterocycles. The Morgan fingerprint density at radius 3 is 2.58 bits per heavy atom. The number of hydrogen-bond donors (Lipinski definition) is 1. The lowest BCUT2D eigenvalue weighted by atomic mass is 10.2. The molecule has 1 rings (SSSR count). The third-order valence-electron chi connectivity index (χ3n) is 1.88. The minimum absolute atomic E-state index is 0.0935. The Hall–Kier alpha value is -0.930. The largest absolute Gasteiger partial charge is 0.478 e. The molecule has 4 nitrogen and oxygen atoms in total. The molecular formula is C10H8BrF3O4S. The van der Waals surface area contributed by atoms with Crippen LogP contribution < -0.4 is 0 Å². The van der Waals surface area contributed by atoms with E-state index in [2.05, 4.69) is 20.7 Å². The zero-order chi connectivity index (χ0) is 14.6. The van der Waals surface area contributed by atoms with Gasteiger partial charge in [-0.25, -0.2) is 4.79 Å². The molecule has 0 aromatic heterocycles. The second-order valence-electron chi connectivity index (χ2n) is 3.37. The lowest BCUT2D eigenvalue weighted by molar-refractivity contribution is -0.169. The third-order valence-corrected chi connectivity index (χ3v) is 3.58. The normalized spacial score (nSPS) is 13.3. The predicted molar refractivity (Wildman–Crippen MR) is 64.4 cm³/mol. The van der Waals surface area contributed by atoms with E-state index in [9.17, 15) is 22.2 Å². The smallest absolute Gasteiger partial charge is 0.411 e. The van der Waals surface area contributed by atoms with Crippen molar-refractivity contribution in [1.82, 2.24) is 0 Å². The Balaban J connectivity index is 2.81. The first-order chi connectivity index (χ1) is 8.70. The molecule has 0 fully saturated rings. The minimum atomic E-state index is -4.52. The maximum Gasteiger partial charge on any atom is 0.411 e. The minimum Gasteiger partial charge on any atom is -0.478 e. The summed E-state index contributed by atoms with van der Waals surface area (Å²) in [6, 6.07) is 3.92. The van der Waals surface area contributed by atoms with Crippen LogP contribution in [0.5, 0.6) is 0 Å². The Bertz CT molecular complexity index is 504. The second kappa shape index (κ2) is 6.49. The van der Waals surface area contributed by atoms with E-state index in [1.54, 1.807) is 0 Å². The van der Waals surface area contributed by atoms with Crippen molar-refractivity contribution in [3.05, 3.63) is 28.2 Å². The van der Waals surface area contributed by atoms with Gasteiger partial charge in [0.1, 0.15) is 12.5 Å².